The predicted octanol–water partition coefficient (Wildman–Crippen LogP) is 2.47. The minimum atomic E-state index is -0.486. The standard InChI is InChI=1S/C19H28N6O2/c1-6-20-18(22-12-17-13(2)24-25(4)14(17)3)21-11-15-7-9-16(10-8-15)23-19(26)27-5/h7-10H,6,11-12H2,1-5H3,(H,23,26)(H2,20,21,22). The van der Waals surface area contributed by atoms with Crippen LogP contribution in [0.5, 0.6) is 0 Å². The number of anilines is 1. The van der Waals surface area contributed by atoms with Crippen molar-refractivity contribution in [3.05, 3.63) is 46.8 Å². The molecule has 1 amide bonds. The van der Waals surface area contributed by atoms with Gasteiger partial charge in [-0.15, -0.1) is 0 Å². The number of amides is 1. The highest BCUT2D eigenvalue weighted by Crippen LogP contribution is 2.12. The normalized spacial score (nSPS) is 11.2. The summed E-state index contributed by atoms with van der Waals surface area (Å²) in [7, 11) is 3.28. The molecular formula is C19H28N6O2. The fourth-order valence-electron chi connectivity index (χ4n) is 2.62. The topological polar surface area (TPSA) is 92.6 Å². The van der Waals surface area contributed by atoms with Gasteiger partial charge in [0.2, 0.25) is 0 Å². The minimum absolute atomic E-state index is 0.486. The first-order valence-corrected chi connectivity index (χ1v) is 8.89. The Morgan fingerprint density at radius 3 is 2.48 bits per heavy atom. The number of aliphatic imine (C=N–C) groups is 1. The van der Waals surface area contributed by atoms with Crippen LogP contribution in [0, 0.1) is 13.8 Å². The SMILES string of the molecule is CCNC(=NCc1ccc(NC(=O)OC)cc1)NCc1c(C)nn(C)c1C. The van der Waals surface area contributed by atoms with E-state index in [9.17, 15) is 4.79 Å². The Labute approximate surface area is 160 Å². The number of hydrogen-bond acceptors (Lipinski definition) is 4. The monoisotopic (exact) mass is 372 g/mol. The van der Waals surface area contributed by atoms with E-state index in [0.29, 0.717) is 18.8 Å². The van der Waals surface area contributed by atoms with Crippen molar-refractivity contribution < 1.29 is 9.53 Å². The molecular weight excluding hydrogens is 344 g/mol. The molecule has 0 spiro atoms. The molecule has 2 rings (SSSR count). The molecule has 0 bridgehead atoms. The third-order valence-corrected chi connectivity index (χ3v) is 4.24. The van der Waals surface area contributed by atoms with Crippen molar-refractivity contribution in [3.63, 3.8) is 0 Å². The molecule has 0 saturated heterocycles. The Morgan fingerprint density at radius 2 is 1.93 bits per heavy atom. The molecule has 1 heterocycles. The van der Waals surface area contributed by atoms with E-state index in [0.717, 1.165) is 29.5 Å². The van der Waals surface area contributed by atoms with Gasteiger partial charge in [-0.05, 0) is 38.5 Å². The zero-order valence-electron chi connectivity index (χ0n) is 16.6. The molecule has 2 aromatic rings. The van der Waals surface area contributed by atoms with Crippen LogP contribution in [0.1, 0.15) is 29.4 Å². The summed E-state index contributed by atoms with van der Waals surface area (Å²) in [6.07, 6.45) is -0.486. The van der Waals surface area contributed by atoms with Gasteiger partial charge in [-0.25, -0.2) is 9.79 Å². The summed E-state index contributed by atoms with van der Waals surface area (Å²) in [5, 5.41) is 13.7. The van der Waals surface area contributed by atoms with E-state index >= 15 is 0 Å². The summed E-state index contributed by atoms with van der Waals surface area (Å²) in [4.78, 5) is 15.8. The van der Waals surface area contributed by atoms with E-state index < -0.39 is 6.09 Å². The summed E-state index contributed by atoms with van der Waals surface area (Å²) < 4.78 is 6.47. The fourth-order valence-corrected chi connectivity index (χ4v) is 2.62. The maximum atomic E-state index is 11.2. The molecule has 0 radical (unpaired) electrons. The lowest BCUT2D eigenvalue weighted by Crippen LogP contribution is -2.37. The highest BCUT2D eigenvalue weighted by atomic mass is 16.5. The molecule has 0 unspecified atom stereocenters. The molecule has 0 saturated carbocycles. The van der Waals surface area contributed by atoms with Crippen LogP contribution >= 0.6 is 0 Å². The quantitative estimate of drug-likeness (QED) is 0.535. The Bertz CT molecular complexity index is 795. The third kappa shape index (κ3) is 5.73. The molecule has 3 N–H and O–H groups in total. The maximum Gasteiger partial charge on any atom is 0.411 e. The first kappa shape index (κ1) is 20.3. The first-order chi connectivity index (χ1) is 12.9. The maximum absolute atomic E-state index is 11.2. The van der Waals surface area contributed by atoms with Gasteiger partial charge in [0, 0.05) is 37.1 Å². The van der Waals surface area contributed by atoms with Gasteiger partial charge in [-0.3, -0.25) is 10.00 Å². The van der Waals surface area contributed by atoms with Gasteiger partial charge < -0.3 is 15.4 Å². The number of carbonyl (C=O) groups is 1. The van der Waals surface area contributed by atoms with Crippen LogP contribution in [-0.2, 0) is 24.9 Å². The molecule has 0 atom stereocenters. The number of aromatic nitrogens is 2. The van der Waals surface area contributed by atoms with Crippen molar-refractivity contribution in [2.24, 2.45) is 12.0 Å². The van der Waals surface area contributed by atoms with Crippen LogP contribution in [0.2, 0.25) is 0 Å². The van der Waals surface area contributed by atoms with E-state index in [1.807, 2.05) is 49.8 Å². The zero-order chi connectivity index (χ0) is 19.8. The van der Waals surface area contributed by atoms with Gasteiger partial charge in [0.25, 0.3) is 0 Å². The van der Waals surface area contributed by atoms with E-state index in [1.165, 1.54) is 12.7 Å². The lowest BCUT2D eigenvalue weighted by molar-refractivity contribution is 0.187. The highest BCUT2D eigenvalue weighted by molar-refractivity contribution is 5.84. The van der Waals surface area contributed by atoms with Crippen LogP contribution in [0.4, 0.5) is 10.5 Å². The highest BCUT2D eigenvalue weighted by Gasteiger charge is 2.09. The molecule has 0 fully saturated rings. The van der Waals surface area contributed by atoms with Crippen molar-refractivity contribution in [2.45, 2.75) is 33.9 Å². The summed E-state index contributed by atoms with van der Waals surface area (Å²) in [6, 6.07) is 7.50. The number of nitrogens with zero attached hydrogens (tertiary/aromatic N) is 3. The number of carbonyl (C=O) groups excluding carboxylic acids is 1. The number of guanidine groups is 1. The largest absolute Gasteiger partial charge is 0.453 e. The van der Waals surface area contributed by atoms with Gasteiger partial charge in [-0.2, -0.15) is 5.10 Å². The Morgan fingerprint density at radius 1 is 1.22 bits per heavy atom. The summed E-state index contributed by atoms with van der Waals surface area (Å²) in [6.45, 7) is 8.07. The van der Waals surface area contributed by atoms with Crippen molar-refractivity contribution in [3.8, 4) is 0 Å². The van der Waals surface area contributed by atoms with Crippen molar-refractivity contribution in [1.82, 2.24) is 20.4 Å². The third-order valence-electron chi connectivity index (χ3n) is 4.24. The molecule has 0 aliphatic heterocycles. The number of aryl methyl sites for hydroxylation is 2. The summed E-state index contributed by atoms with van der Waals surface area (Å²) >= 11 is 0. The Kier molecular flexibility index (Phi) is 7.22. The molecule has 1 aromatic carbocycles. The lowest BCUT2D eigenvalue weighted by atomic mass is 10.2. The van der Waals surface area contributed by atoms with Gasteiger partial charge in [0.15, 0.2) is 5.96 Å². The minimum Gasteiger partial charge on any atom is -0.453 e. The second kappa shape index (κ2) is 9.61. The molecule has 27 heavy (non-hydrogen) atoms. The molecule has 8 nitrogen and oxygen atoms in total. The van der Waals surface area contributed by atoms with Crippen LogP contribution in [-0.4, -0.2) is 35.5 Å². The van der Waals surface area contributed by atoms with E-state index in [4.69, 9.17) is 0 Å². The number of ether oxygens (including phenoxy) is 1. The van der Waals surface area contributed by atoms with Crippen molar-refractivity contribution in [2.75, 3.05) is 19.0 Å². The van der Waals surface area contributed by atoms with E-state index in [-0.39, 0.29) is 0 Å². The Balaban J connectivity index is 1.99. The molecule has 146 valence electrons. The fraction of sp³-hybridized carbons (Fsp3) is 0.421. The van der Waals surface area contributed by atoms with E-state index in [1.54, 1.807) is 0 Å². The first-order valence-electron chi connectivity index (χ1n) is 8.89. The summed E-state index contributed by atoms with van der Waals surface area (Å²) in [5.41, 5.74) is 5.07. The number of hydrogen-bond donors (Lipinski definition) is 3. The molecule has 0 aliphatic rings. The second-order valence-corrected chi connectivity index (χ2v) is 6.14. The molecule has 8 heteroatoms. The van der Waals surface area contributed by atoms with Gasteiger partial charge in [0.1, 0.15) is 0 Å². The average Bonchev–Trinajstić information content (AvgIpc) is 2.90. The van der Waals surface area contributed by atoms with Crippen LogP contribution in [0.15, 0.2) is 29.3 Å². The molecule has 0 aliphatic carbocycles. The Hall–Kier alpha value is -3.03. The number of rotatable bonds is 6. The van der Waals surface area contributed by atoms with E-state index in [2.05, 4.69) is 37.7 Å². The average molecular weight is 372 g/mol. The van der Waals surface area contributed by atoms with Crippen molar-refractivity contribution in [1.29, 1.82) is 0 Å². The number of nitrogens with one attached hydrogen (secondary N) is 3. The zero-order valence-corrected chi connectivity index (χ0v) is 16.6. The van der Waals surface area contributed by atoms with Gasteiger partial charge >= 0.3 is 6.09 Å². The second-order valence-electron chi connectivity index (χ2n) is 6.14. The predicted molar refractivity (Wildman–Crippen MR) is 107 cm³/mol. The van der Waals surface area contributed by atoms with Crippen LogP contribution in [0.3, 0.4) is 0 Å². The van der Waals surface area contributed by atoms with Gasteiger partial charge in [0.05, 0.1) is 19.3 Å². The van der Waals surface area contributed by atoms with Crippen LogP contribution < -0.4 is 16.0 Å². The van der Waals surface area contributed by atoms with Gasteiger partial charge in [-0.1, -0.05) is 12.1 Å². The summed E-state index contributed by atoms with van der Waals surface area (Å²) in [5.74, 6) is 0.747. The number of benzene rings is 1. The molecule has 1 aromatic heterocycles. The number of methoxy groups -OCH3 is 1. The van der Waals surface area contributed by atoms with Crippen molar-refractivity contribution >= 4 is 17.7 Å². The van der Waals surface area contributed by atoms with Crippen LogP contribution in [0.25, 0.3) is 0 Å². The lowest BCUT2D eigenvalue weighted by Gasteiger charge is -2.12. The smallest absolute Gasteiger partial charge is 0.411 e.